The van der Waals surface area contributed by atoms with Gasteiger partial charge in [0.25, 0.3) is 5.91 Å². The number of hydrogen-bond donors (Lipinski definition) is 1. The number of aromatic nitrogens is 5. The third kappa shape index (κ3) is 4.06. The van der Waals surface area contributed by atoms with E-state index in [-0.39, 0.29) is 28.8 Å². The van der Waals surface area contributed by atoms with Crippen molar-refractivity contribution in [1.82, 2.24) is 29.2 Å². The fraction of sp³-hybridized carbons (Fsp3) is 0.500. The molecule has 2 bridgehead atoms. The van der Waals surface area contributed by atoms with Gasteiger partial charge in [-0.1, -0.05) is 26.8 Å². The van der Waals surface area contributed by atoms with Gasteiger partial charge < -0.3 is 4.90 Å². The molecule has 3 aromatic rings. The lowest BCUT2D eigenvalue weighted by Crippen LogP contribution is -2.49. The van der Waals surface area contributed by atoms with E-state index in [2.05, 4.69) is 31.0 Å². The van der Waals surface area contributed by atoms with Crippen molar-refractivity contribution >= 4 is 22.6 Å². The number of imidazole rings is 1. The topological polar surface area (TPSA) is 88.8 Å². The highest BCUT2D eigenvalue weighted by Crippen LogP contribution is 2.40. The number of halogens is 3. The Kier molecular flexibility index (Phi) is 5.22. The zero-order chi connectivity index (χ0) is 25.3. The SMILES string of the molecule is Cn1c(=O)n(CC(C)(C)C)c2ccc(C3=CC4CCC3CN4C(=O)c3cc(C(F)(F)F)n[nH]3)nc21. The number of rotatable bonds is 3. The van der Waals surface area contributed by atoms with Crippen LogP contribution in [0.4, 0.5) is 13.2 Å². The predicted octanol–water partition coefficient (Wildman–Crippen LogP) is 3.84. The molecule has 1 fully saturated rings. The molecule has 35 heavy (non-hydrogen) atoms. The highest BCUT2D eigenvalue weighted by Gasteiger charge is 2.40. The van der Waals surface area contributed by atoms with Crippen LogP contribution in [0.1, 0.15) is 55.5 Å². The number of pyridine rings is 1. The molecule has 5 heterocycles. The Balaban J connectivity index is 1.45. The van der Waals surface area contributed by atoms with Crippen LogP contribution in [0.5, 0.6) is 0 Å². The minimum atomic E-state index is -4.61. The standard InChI is InChI=1S/C24H27F3N6O2/c1-23(2,3)12-33-18-8-7-16(28-20(18)31(4)22(33)35)15-9-14-6-5-13(15)11-32(14)21(34)17-10-19(30-29-17)24(25,26)27/h7-10,13-14H,5-6,11-12H2,1-4H3,(H,29,30). The highest BCUT2D eigenvalue weighted by atomic mass is 19.4. The monoisotopic (exact) mass is 488 g/mol. The van der Waals surface area contributed by atoms with Gasteiger partial charge in [-0.3, -0.25) is 19.0 Å². The maximum Gasteiger partial charge on any atom is 0.435 e. The number of piperidine rings is 1. The Morgan fingerprint density at radius 3 is 2.54 bits per heavy atom. The van der Waals surface area contributed by atoms with Crippen LogP contribution in [0, 0.1) is 11.3 Å². The molecule has 1 aliphatic carbocycles. The zero-order valence-corrected chi connectivity index (χ0v) is 20.0. The Hall–Kier alpha value is -3.37. The van der Waals surface area contributed by atoms with E-state index < -0.39 is 17.8 Å². The van der Waals surface area contributed by atoms with Crippen molar-refractivity contribution in [2.45, 2.75) is 52.4 Å². The molecule has 3 aromatic heterocycles. The molecule has 2 aliphatic heterocycles. The maximum absolute atomic E-state index is 12.9. The van der Waals surface area contributed by atoms with Crippen molar-refractivity contribution in [3.8, 4) is 0 Å². The second-order valence-electron chi connectivity index (χ2n) is 10.6. The van der Waals surface area contributed by atoms with Crippen LogP contribution in [-0.4, -0.2) is 47.7 Å². The van der Waals surface area contributed by atoms with Gasteiger partial charge in [-0.15, -0.1) is 0 Å². The van der Waals surface area contributed by atoms with Gasteiger partial charge in [0.15, 0.2) is 11.3 Å². The summed E-state index contributed by atoms with van der Waals surface area (Å²) in [4.78, 5) is 32.2. The van der Waals surface area contributed by atoms with Crippen LogP contribution < -0.4 is 5.69 Å². The van der Waals surface area contributed by atoms with Crippen LogP contribution in [0.15, 0.2) is 29.1 Å². The first kappa shape index (κ1) is 23.4. The number of hydrogen-bond acceptors (Lipinski definition) is 4. The van der Waals surface area contributed by atoms with Crippen molar-refractivity contribution in [1.29, 1.82) is 0 Å². The summed E-state index contributed by atoms with van der Waals surface area (Å²) in [5.74, 6) is -0.490. The van der Waals surface area contributed by atoms with E-state index in [1.54, 1.807) is 21.1 Å². The largest absolute Gasteiger partial charge is 0.435 e. The molecule has 0 aromatic carbocycles. The highest BCUT2D eigenvalue weighted by molar-refractivity contribution is 5.93. The first-order valence-corrected chi connectivity index (χ1v) is 11.6. The van der Waals surface area contributed by atoms with Crippen molar-refractivity contribution in [3.63, 3.8) is 0 Å². The number of alkyl halides is 3. The molecule has 3 aliphatic rings. The zero-order valence-electron chi connectivity index (χ0n) is 20.0. The number of H-pyrrole nitrogens is 1. The Bertz CT molecular complexity index is 1410. The summed E-state index contributed by atoms with van der Waals surface area (Å²) < 4.78 is 42.0. The van der Waals surface area contributed by atoms with Gasteiger partial charge in [0.05, 0.1) is 17.3 Å². The molecule has 6 rings (SSSR count). The fourth-order valence-electron chi connectivity index (χ4n) is 5.08. The van der Waals surface area contributed by atoms with Crippen molar-refractivity contribution in [2.24, 2.45) is 18.4 Å². The molecule has 11 heteroatoms. The first-order chi connectivity index (χ1) is 16.3. The summed E-state index contributed by atoms with van der Waals surface area (Å²) in [6, 6.07) is 4.34. The number of amides is 1. The van der Waals surface area contributed by atoms with E-state index in [4.69, 9.17) is 4.98 Å². The lowest BCUT2D eigenvalue weighted by atomic mass is 9.78. The minimum absolute atomic E-state index is 0.00703. The number of carbonyl (C=O) groups excluding carboxylic acids is 1. The molecule has 0 saturated carbocycles. The van der Waals surface area contributed by atoms with Gasteiger partial charge >= 0.3 is 11.9 Å². The average molecular weight is 489 g/mol. The number of carbonyl (C=O) groups is 1. The van der Waals surface area contributed by atoms with E-state index >= 15 is 0 Å². The third-order valence-corrected chi connectivity index (χ3v) is 6.71. The van der Waals surface area contributed by atoms with Gasteiger partial charge in [0, 0.05) is 32.1 Å². The van der Waals surface area contributed by atoms with Crippen molar-refractivity contribution < 1.29 is 18.0 Å². The van der Waals surface area contributed by atoms with Crippen LogP contribution in [0.3, 0.4) is 0 Å². The van der Waals surface area contributed by atoms with Gasteiger partial charge in [-0.2, -0.15) is 18.3 Å². The molecule has 2 unspecified atom stereocenters. The summed E-state index contributed by atoms with van der Waals surface area (Å²) in [6.07, 6.45) is -1.06. The predicted molar refractivity (Wildman–Crippen MR) is 124 cm³/mol. The molecule has 1 saturated heterocycles. The number of nitrogens with one attached hydrogen (secondary N) is 1. The van der Waals surface area contributed by atoms with Gasteiger partial charge in [0.2, 0.25) is 0 Å². The smallest absolute Gasteiger partial charge is 0.330 e. The quantitative estimate of drug-likeness (QED) is 0.607. The molecule has 0 spiro atoms. The molecule has 2 atom stereocenters. The summed E-state index contributed by atoms with van der Waals surface area (Å²) >= 11 is 0. The molecule has 186 valence electrons. The third-order valence-electron chi connectivity index (χ3n) is 6.71. The first-order valence-electron chi connectivity index (χ1n) is 11.6. The maximum atomic E-state index is 12.9. The van der Waals surface area contributed by atoms with Crippen LogP contribution >= 0.6 is 0 Å². The average Bonchev–Trinajstić information content (AvgIpc) is 3.38. The molecular formula is C24H27F3N6O2. The summed E-state index contributed by atoms with van der Waals surface area (Å²) in [5.41, 5.74) is 1.66. The van der Waals surface area contributed by atoms with Crippen molar-refractivity contribution in [2.75, 3.05) is 6.54 Å². The van der Waals surface area contributed by atoms with Gasteiger partial charge in [-0.25, -0.2) is 9.78 Å². The lowest BCUT2D eigenvalue weighted by molar-refractivity contribution is -0.141. The van der Waals surface area contributed by atoms with Crippen LogP contribution in [-0.2, 0) is 19.8 Å². The Labute approximate surface area is 199 Å². The van der Waals surface area contributed by atoms with E-state index in [1.807, 2.05) is 18.2 Å². The summed E-state index contributed by atoms with van der Waals surface area (Å²) in [5, 5.41) is 5.48. The Morgan fingerprint density at radius 1 is 1.20 bits per heavy atom. The lowest BCUT2D eigenvalue weighted by Gasteiger charge is -2.44. The molecular weight excluding hydrogens is 461 g/mol. The van der Waals surface area contributed by atoms with Gasteiger partial charge in [0.1, 0.15) is 5.69 Å². The normalized spacial score (nSPS) is 20.5. The molecule has 1 amide bonds. The number of nitrogens with zero attached hydrogens (tertiary/aromatic N) is 5. The summed E-state index contributed by atoms with van der Waals surface area (Å²) in [7, 11) is 1.71. The van der Waals surface area contributed by atoms with E-state index in [9.17, 15) is 22.8 Å². The second kappa shape index (κ2) is 7.82. The van der Waals surface area contributed by atoms with Crippen molar-refractivity contribution in [3.05, 3.63) is 51.8 Å². The van der Waals surface area contributed by atoms with E-state index in [0.717, 1.165) is 35.7 Å². The molecule has 8 nitrogen and oxygen atoms in total. The number of fused-ring (bicyclic) bond motifs is 3. The van der Waals surface area contributed by atoms with Gasteiger partial charge in [-0.05, 0) is 36.0 Å². The Morgan fingerprint density at radius 2 is 1.94 bits per heavy atom. The van der Waals surface area contributed by atoms with Crippen LogP contribution in [0.25, 0.3) is 16.7 Å². The number of aryl methyl sites for hydroxylation is 1. The fourth-order valence-corrected chi connectivity index (χ4v) is 5.08. The molecule has 1 N–H and O–H groups in total. The minimum Gasteiger partial charge on any atom is -0.330 e. The molecule has 0 radical (unpaired) electrons. The number of aromatic amines is 1. The van der Waals surface area contributed by atoms with E-state index in [0.29, 0.717) is 18.7 Å². The van der Waals surface area contributed by atoms with E-state index in [1.165, 1.54) is 0 Å². The second-order valence-corrected chi connectivity index (χ2v) is 10.6. The van der Waals surface area contributed by atoms with Crippen LogP contribution in [0.2, 0.25) is 0 Å². The summed E-state index contributed by atoms with van der Waals surface area (Å²) in [6.45, 7) is 7.18.